The highest BCUT2D eigenvalue weighted by atomic mass is 32.3. The molecule has 0 amide bonds. The molecule has 110 valence electrons. The van der Waals surface area contributed by atoms with Crippen molar-refractivity contribution in [3.05, 3.63) is 12.7 Å². The lowest BCUT2D eigenvalue weighted by molar-refractivity contribution is 0.162. The van der Waals surface area contributed by atoms with Crippen LogP contribution >= 0.6 is 0 Å². The van der Waals surface area contributed by atoms with E-state index in [1.807, 2.05) is 20.8 Å². The maximum absolute atomic E-state index is 10.9. The number of ether oxygens (including phenoxy) is 1. The number of unbranched alkanes of at least 4 members (excludes halogenated alkanes) is 2. The Hall–Kier alpha value is -0.430. The molecule has 6 heteroatoms. The van der Waals surface area contributed by atoms with Crippen LogP contribution < -0.4 is 0 Å². The summed E-state index contributed by atoms with van der Waals surface area (Å²) in [7, 11) is -3.80. The molecule has 0 bridgehead atoms. The second-order valence-electron chi connectivity index (χ2n) is 3.29. The van der Waals surface area contributed by atoms with E-state index >= 15 is 0 Å². The van der Waals surface area contributed by atoms with Crippen molar-refractivity contribution in [2.24, 2.45) is 0 Å². The number of hydrogen-bond donors (Lipinski definition) is 0. The molecule has 0 heterocycles. The third-order valence-electron chi connectivity index (χ3n) is 1.71. The molecule has 0 aliphatic carbocycles. The van der Waals surface area contributed by atoms with E-state index in [2.05, 4.69) is 14.9 Å². The van der Waals surface area contributed by atoms with Gasteiger partial charge in [-0.25, -0.2) is 8.37 Å². The first-order valence-corrected chi connectivity index (χ1v) is 7.59. The van der Waals surface area contributed by atoms with E-state index in [0.717, 1.165) is 32.5 Å². The lowest BCUT2D eigenvalue weighted by atomic mass is 10.3. The number of rotatable bonds is 10. The zero-order chi connectivity index (χ0) is 14.3. The first-order valence-electron chi connectivity index (χ1n) is 6.26. The summed E-state index contributed by atoms with van der Waals surface area (Å²) in [5.74, 6) is 0. The van der Waals surface area contributed by atoms with E-state index in [4.69, 9.17) is 4.74 Å². The zero-order valence-corrected chi connectivity index (χ0v) is 12.5. The smallest absolute Gasteiger partial charge is 0.382 e. The Labute approximate surface area is 111 Å². The molecule has 0 rings (SSSR count). The third-order valence-corrected chi connectivity index (χ3v) is 2.59. The molecule has 18 heavy (non-hydrogen) atoms. The van der Waals surface area contributed by atoms with Crippen LogP contribution in [0.5, 0.6) is 0 Å². The van der Waals surface area contributed by atoms with E-state index in [1.54, 1.807) is 0 Å². The molecule has 0 spiro atoms. The molecule has 0 aromatic rings. The minimum absolute atomic E-state index is 0.0455. The van der Waals surface area contributed by atoms with Crippen molar-refractivity contribution in [2.45, 2.75) is 40.0 Å². The summed E-state index contributed by atoms with van der Waals surface area (Å²) in [5, 5.41) is 0. The molecule has 0 aromatic carbocycles. The van der Waals surface area contributed by atoms with E-state index < -0.39 is 10.4 Å². The summed E-state index contributed by atoms with van der Waals surface area (Å²) in [6.07, 6.45) is 4.06. The van der Waals surface area contributed by atoms with Crippen LogP contribution in [-0.2, 0) is 23.5 Å². The Morgan fingerprint density at radius 3 is 2.06 bits per heavy atom. The van der Waals surface area contributed by atoms with Gasteiger partial charge in [-0.3, -0.25) is 0 Å². The molecular weight excluding hydrogens is 256 g/mol. The largest absolute Gasteiger partial charge is 0.400 e. The van der Waals surface area contributed by atoms with Gasteiger partial charge >= 0.3 is 10.4 Å². The van der Waals surface area contributed by atoms with Crippen LogP contribution in [0.4, 0.5) is 0 Å². The standard InChI is InChI=1S/C8H16O4S.C4H10O/c1-3-5-6-8-12-13(9,10)11-7-4-2;1-3-5-4-2/h4H,2-3,5-8H2,1H3;3-4H2,1-2H3. The highest BCUT2D eigenvalue weighted by Crippen LogP contribution is 2.00. The fraction of sp³-hybridized carbons (Fsp3) is 0.833. The third kappa shape index (κ3) is 17.9. The molecule has 0 aliphatic heterocycles. The Bertz CT molecular complexity index is 260. The Morgan fingerprint density at radius 2 is 1.67 bits per heavy atom. The normalized spacial score (nSPS) is 10.6. The van der Waals surface area contributed by atoms with Crippen LogP contribution in [0.15, 0.2) is 12.7 Å². The van der Waals surface area contributed by atoms with Crippen molar-refractivity contribution in [3.8, 4) is 0 Å². The predicted octanol–water partition coefficient (Wildman–Crippen LogP) is 2.68. The second-order valence-corrected chi connectivity index (χ2v) is 4.58. The van der Waals surface area contributed by atoms with Crippen LogP contribution in [0.2, 0.25) is 0 Å². The minimum atomic E-state index is -3.80. The summed E-state index contributed by atoms with van der Waals surface area (Å²) in [6.45, 7) is 11.2. The van der Waals surface area contributed by atoms with Crippen molar-refractivity contribution in [3.63, 3.8) is 0 Å². The molecule has 0 saturated carbocycles. The summed E-state index contributed by atoms with van der Waals surface area (Å²) >= 11 is 0. The van der Waals surface area contributed by atoms with Gasteiger partial charge in [0.1, 0.15) is 0 Å². The van der Waals surface area contributed by atoms with Crippen molar-refractivity contribution in [2.75, 3.05) is 26.4 Å². The average molecular weight is 282 g/mol. The average Bonchev–Trinajstić information content (AvgIpc) is 2.34. The van der Waals surface area contributed by atoms with E-state index in [1.165, 1.54) is 6.08 Å². The molecule has 0 aliphatic rings. The van der Waals surface area contributed by atoms with Crippen LogP contribution in [0.1, 0.15) is 40.0 Å². The maximum atomic E-state index is 10.9. The van der Waals surface area contributed by atoms with Crippen LogP contribution in [-0.4, -0.2) is 34.8 Å². The maximum Gasteiger partial charge on any atom is 0.400 e. The first-order chi connectivity index (χ1) is 8.54. The van der Waals surface area contributed by atoms with E-state index in [0.29, 0.717) is 0 Å². The van der Waals surface area contributed by atoms with Crippen LogP contribution in [0.3, 0.4) is 0 Å². The molecule has 0 unspecified atom stereocenters. The van der Waals surface area contributed by atoms with Crippen LogP contribution in [0.25, 0.3) is 0 Å². The second kappa shape index (κ2) is 14.6. The van der Waals surface area contributed by atoms with Gasteiger partial charge < -0.3 is 4.74 Å². The van der Waals surface area contributed by atoms with Gasteiger partial charge in [-0.15, -0.1) is 6.58 Å². The van der Waals surface area contributed by atoms with Gasteiger partial charge in [0.25, 0.3) is 0 Å². The Balaban J connectivity index is 0. The highest BCUT2D eigenvalue weighted by Gasteiger charge is 2.09. The monoisotopic (exact) mass is 282 g/mol. The van der Waals surface area contributed by atoms with Gasteiger partial charge in [0.2, 0.25) is 0 Å². The summed E-state index contributed by atoms with van der Waals surface area (Å²) < 4.78 is 35.5. The van der Waals surface area contributed by atoms with Crippen molar-refractivity contribution < 1.29 is 21.5 Å². The van der Waals surface area contributed by atoms with Crippen molar-refractivity contribution in [1.82, 2.24) is 0 Å². The summed E-state index contributed by atoms with van der Waals surface area (Å²) in [6, 6.07) is 0. The molecule has 0 radical (unpaired) electrons. The minimum Gasteiger partial charge on any atom is -0.382 e. The molecule has 0 atom stereocenters. The van der Waals surface area contributed by atoms with Gasteiger partial charge in [-0.2, -0.15) is 8.42 Å². The molecular formula is C12H26O5S. The van der Waals surface area contributed by atoms with Gasteiger partial charge in [0.15, 0.2) is 0 Å². The summed E-state index contributed by atoms with van der Waals surface area (Å²) in [4.78, 5) is 0. The fourth-order valence-corrected chi connectivity index (χ4v) is 1.54. The molecule has 0 fully saturated rings. The van der Waals surface area contributed by atoms with E-state index in [-0.39, 0.29) is 13.2 Å². The topological polar surface area (TPSA) is 61.8 Å². The summed E-state index contributed by atoms with van der Waals surface area (Å²) in [5.41, 5.74) is 0. The van der Waals surface area contributed by atoms with Crippen molar-refractivity contribution >= 4 is 10.4 Å². The predicted molar refractivity (Wildman–Crippen MR) is 72.7 cm³/mol. The van der Waals surface area contributed by atoms with Crippen molar-refractivity contribution in [1.29, 1.82) is 0 Å². The molecule has 5 nitrogen and oxygen atoms in total. The fourth-order valence-electron chi connectivity index (χ4n) is 0.883. The Morgan fingerprint density at radius 1 is 1.06 bits per heavy atom. The quantitative estimate of drug-likeness (QED) is 0.455. The lowest BCUT2D eigenvalue weighted by Gasteiger charge is -2.03. The number of hydrogen-bond acceptors (Lipinski definition) is 5. The van der Waals surface area contributed by atoms with Gasteiger partial charge in [0, 0.05) is 13.2 Å². The van der Waals surface area contributed by atoms with Gasteiger partial charge in [0.05, 0.1) is 13.2 Å². The SMILES string of the molecule is C=CCOS(=O)(=O)OCCCCC.CCOCC. The first kappa shape index (κ1) is 19.9. The van der Waals surface area contributed by atoms with Crippen LogP contribution in [0, 0.1) is 0 Å². The zero-order valence-electron chi connectivity index (χ0n) is 11.7. The highest BCUT2D eigenvalue weighted by molar-refractivity contribution is 7.81. The van der Waals surface area contributed by atoms with Gasteiger partial charge in [-0.1, -0.05) is 25.8 Å². The lowest BCUT2D eigenvalue weighted by Crippen LogP contribution is -2.11. The van der Waals surface area contributed by atoms with E-state index in [9.17, 15) is 8.42 Å². The molecule has 0 N–H and O–H groups in total. The van der Waals surface area contributed by atoms with Gasteiger partial charge in [-0.05, 0) is 20.3 Å². The molecule has 0 saturated heterocycles. The Kier molecular flexibility index (Phi) is 16.2. The molecule has 0 aromatic heterocycles.